The first kappa shape index (κ1) is 14.1. The first-order valence-corrected chi connectivity index (χ1v) is 7.02. The molecule has 104 valence electrons. The van der Waals surface area contributed by atoms with E-state index in [1.165, 1.54) is 5.56 Å². The van der Waals surface area contributed by atoms with E-state index in [0.29, 0.717) is 6.67 Å². The van der Waals surface area contributed by atoms with Crippen LogP contribution in [0.25, 0.3) is 0 Å². The van der Waals surface area contributed by atoms with E-state index in [2.05, 4.69) is 38.2 Å². The van der Waals surface area contributed by atoms with Crippen molar-refractivity contribution in [3.8, 4) is 0 Å². The number of hydrogen-bond donors (Lipinski definition) is 1. The van der Waals surface area contributed by atoms with Crippen molar-refractivity contribution >= 4 is 5.91 Å². The van der Waals surface area contributed by atoms with E-state index in [9.17, 15) is 4.79 Å². The van der Waals surface area contributed by atoms with E-state index in [0.717, 1.165) is 19.4 Å². The standard InChI is InChI=1S/C16H24N2O/c1-16(2,3)9-10-18-12-17-14(15(18)19)11-13-7-5-4-6-8-13/h4-8,14,17H,9-12H2,1-3H3. The number of benzene rings is 1. The van der Waals surface area contributed by atoms with Gasteiger partial charge in [-0.25, -0.2) is 0 Å². The lowest BCUT2D eigenvalue weighted by molar-refractivity contribution is -0.129. The second kappa shape index (κ2) is 5.74. The second-order valence-corrected chi connectivity index (χ2v) is 6.52. The fraction of sp³-hybridized carbons (Fsp3) is 0.562. The lowest BCUT2D eigenvalue weighted by Gasteiger charge is -2.22. The molecule has 1 amide bonds. The summed E-state index contributed by atoms with van der Waals surface area (Å²) < 4.78 is 0. The molecule has 3 nitrogen and oxygen atoms in total. The van der Waals surface area contributed by atoms with Gasteiger partial charge in [0.25, 0.3) is 0 Å². The Morgan fingerprint density at radius 2 is 1.95 bits per heavy atom. The molecule has 1 fully saturated rings. The average molecular weight is 260 g/mol. The minimum absolute atomic E-state index is 0.0534. The van der Waals surface area contributed by atoms with Crippen LogP contribution in [-0.4, -0.2) is 30.1 Å². The van der Waals surface area contributed by atoms with Crippen molar-refractivity contribution in [1.82, 2.24) is 10.2 Å². The van der Waals surface area contributed by atoms with Gasteiger partial charge >= 0.3 is 0 Å². The molecule has 1 aliphatic heterocycles. The summed E-state index contributed by atoms with van der Waals surface area (Å²) in [7, 11) is 0. The maximum Gasteiger partial charge on any atom is 0.241 e. The third kappa shape index (κ3) is 4.06. The smallest absolute Gasteiger partial charge is 0.241 e. The highest BCUT2D eigenvalue weighted by Crippen LogP contribution is 2.20. The highest BCUT2D eigenvalue weighted by Gasteiger charge is 2.31. The minimum Gasteiger partial charge on any atom is -0.329 e. The van der Waals surface area contributed by atoms with Gasteiger partial charge in [-0.05, 0) is 23.8 Å². The van der Waals surface area contributed by atoms with Crippen molar-refractivity contribution < 1.29 is 4.79 Å². The Morgan fingerprint density at radius 3 is 2.58 bits per heavy atom. The summed E-state index contributed by atoms with van der Waals surface area (Å²) in [5.41, 5.74) is 1.49. The summed E-state index contributed by atoms with van der Waals surface area (Å²) in [4.78, 5) is 14.2. The van der Waals surface area contributed by atoms with Gasteiger partial charge in [0.2, 0.25) is 5.91 Å². The van der Waals surface area contributed by atoms with Crippen LogP contribution < -0.4 is 5.32 Å². The highest BCUT2D eigenvalue weighted by atomic mass is 16.2. The molecule has 1 aliphatic rings. The van der Waals surface area contributed by atoms with Crippen LogP contribution in [0.4, 0.5) is 0 Å². The molecule has 0 spiro atoms. The molecule has 1 aromatic rings. The Hall–Kier alpha value is -1.35. The van der Waals surface area contributed by atoms with E-state index < -0.39 is 0 Å². The number of nitrogens with one attached hydrogen (secondary N) is 1. The molecule has 0 radical (unpaired) electrons. The van der Waals surface area contributed by atoms with Gasteiger partial charge in [-0.1, -0.05) is 51.1 Å². The van der Waals surface area contributed by atoms with Crippen LogP contribution in [0.15, 0.2) is 30.3 Å². The zero-order chi connectivity index (χ0) is 13.9. The van der Waals surface area contributed by atoms with E-state index in [-0.39, 0.29) is 17.4 Å². The molecule has 1 N–H and O–H groups in total. The number of hydrogen-bond acceptors (Lipinski definition) is 2. The summed E-state index contributed by atoms with van der Waals surface area (Å²) in [5.74, 6) is 0.244. The summed E-state index contributed by atoms with van der Waals surface area (Å²) in [5, 5.41) is 3.32. The zero-order valence-electron chi connectivity index (χ0n) is 12.1. The van der Waals surface area contributed by atoms with Gasteiger partial charge in [0.05, 0.1) is 12.7 Å². The van der Waals surface area contributed by atoms with E-state index in [1.54, 1.807) is 0 Å². The topological polar surface area (TPSA) is 32.3 Å². The molecule has 1 heterocycles. The van der Waals surface area contributed by atoms with Gasteiger partial charge in [-0.15, -0.1) is 0 Å². The van der Waals surface area contributed by atoms with Crippen molar-refractivity contribution in [2.24, 2.45) is 5.41 Å². The molecule has 0 saturated carbocycles. The SMILES string of the molecule is CC(C)(C)CCN1CNC(Cc2ccccc2)C1=O. The Morgan fingerprint density at radius 1 is 1.26 bits per heavy atom. The third-order valence-electron chi connectivity index (χ3n) is 3.55. The number of carbonyl (C=O) groups is 1. The van der Waals surface area contributed by atoms with E-state index in [4.69, 9.17) is 0 Å². The van der Waals surface area contributed by atoms with Gasteiger partial charge in [0, 0.05) is 6.54 Å². The number of amides is 1. The van der Waals surface area contributed by atoms with Crippen LogP contribution in [0.5, 0.6) is 0 Å². The minimum atomic E-state index is -0.0534. The van der Waals surface area contributed by atoms with Crippen LogP contribution in [0.2, 0.25) is 0 Å². The van der Waals surface area contributed by atoms with Gasteiger partial charge in [-0.2, -0.15) is 0 Å². The average Bonchev–Trinajstić information content (AvgIpc) is 2.69. The quantitative estimate of drug-likeness (QED) is 0.901. The maximum atomic E-state index is 12.3. The Labute approximate surface area is 116 Å². The van der Waals surface area contributed by atoms with Crippen LogP contribution in [-0.2, 0) is 11.2 Å². The molecule has 1 unspecified atom stereocenters. The molecule has 0 aliphatic carbocycles. The molecule has 1 saturated heterocycles. The predicted molar refractivity (Wildman–Crippen MR) is 77.7 cm³/mol. The lowest BCUT2D eigenvalue weighted by Crippen LogP contribution is -2.33. The molecular formula is C16H24N2O. The van der Waals surface area contributed by atoms with Crippen LogP contribution in [0.1, 0.15) is 32.8 Å². The number of nitrogens with zero attached hydrogens (tertiary/aromatic N) is 1. The summed E-state index contributed by atoms with van der Waals surface area (Å²) in [6.07, 6.45) is 1.82. The lowest BCUT2D eigenvalue weighted by atomic mass is 9.92. The van der Waals surface area contributed by atoms with Gasteiger partial charge in [-0.3, -0.25) is 10.1 Å². The summed E-state index contributed by atoms with van der Waals surface area (Å²) >= 11 is 0. The van der Waals surface area contributed by atoms with Gasteiger partial charge in [0.1, 0.15) is 0 Å². The van der Waals surface area contributed by atoms with Crippen LogP contribution in [0.3, 0.4) is 0 Å². The molecular weight excluding hydrogens is 236 g/mol. The van der Waals surface area contributed by atoms with Crippen molar-refractivity contribution in [3.05, 3.63) is 35.9 Å². The number of carbonyl (C=O) groups excluding carboxylic acids is 1. The maximum absolute atomic E-state index is 12.3. The molecule has 19 heavy (non-hydrogen) atoms. The van der Waals surface area contributed by atoms with E-state index >= 15 is 0 Å². The summed E-state index contributed by atoms with van der Waals surface area (Å²) in [6, 6.07) is 10.1. The molecule has 3 heteroatoms. The van der Waals surface area contributed by atoms with E-state index in [1.807, 2.05) is 23.1 Å². The van der Waals surface area contributed by atoms with Crippen LogP contribution >= 0.6 is 0 Å². The summed E-state index contributed by atoms with van der Waals surface area (Å²) in [6.45, 7) is 8.17. The van der Waals surface area contributed by atoms with Crippen molar-refractivity contribution in [1.29, 1.82) is 0 Å². The molecule has 0 aromatic heterocycles. The zero-order valence-corrected chi connectivity index (χ0v) is 12.1. The molecule has 1 aromatic carbocycles. The first-order chi connectivity index (χ1) is 8.96. The highest BCUT2D eigenvalue weighted by molar-refractivity contribution is 5.84. The fourth-order valence-corrected chi connectivity index (χ4v) is 2.27. The normalized spacial score (nSPS) is 20.1. The van der Waals surface area contributed by atoms with Crippen LogP contribution in [0, 0.1) is 5.41 Å². The molecule has 2 rings (SSSR count). The van der Waals surface area contributed by atoms with Gasteiger partial charge in [0.15, 0.2) is 0 Å². The van der Waals surface area contributed by atoms with Gasteiger partial charge < -0.3 is 4.90 Å². The fourth-order valence-electron chi connectivity index (χ4n) is 2.27. The second-order valence-electron chi connectivity index (χ2n) is 6.52. The first-order valence-electron chi connectivity index (χ1n) is 7.02. The Kier molecular flexibility index (Phi) is 4.25. The van der Waals surface area contributed by atoms with Crippen molar-refractivity contribution in [2.75, 3.05) is 13.2 Å². The number of rotatable bonds is 4. The van der Waals surface area contributed by atoms with Crippen molar-refractivity contribution in [3.63, 3.8) is 0 Å². The largest absolute Gasteiger partial charge is 0.329 e. The Bertz CT molecular complexity index is 422. The monoisotopic (exact) mass is 260 g/mol. The predicted octanol–water partition coefficient (Wildman–Crippen LogP) is 2.42. The van der Waals surface area contributed by atoms with Crippen molar-refractivity contribution in [2.45, 2.75) is 39.7 Å². The third-order valence-corrected chi connectivity index (χ3v) is 3.55. The Balaban J connectivity index is 1.88. The molecule has 0 bridgehead atoms. The molecule has 1 atom stereocenters.